The topological polar surface area (TPSA) is 95.9 Å². The number of carbonyl (C=O) groups excluding carboxylic acids is 2. The van der Waals surface area contributed by atoms with Crippen molar-refractivity contribution in [2.75, 3.05) is 13.2 Å². The third-order valence-corrected chi connectivity index (χ3v) is 16.1. The number of hydrogen-bond acceptors (Lipinski definition) is 5. The van der Waals surface area contributed by atoms with Gasteiger partial charge < -0.3 is 20.3 Å². The summed E-state index contributed by atoms with van der Waals surface area (Å²) in [6.45, 7) is 4.94. The monoisotopic (exact) mass is 1040 g/mol. The Hall–Kier alpha value is -1.40. The number of nitrogens with one attached hydrogen (secondary N) is 1. The first-order valence-electron chi connectivity index (χ1n) is 34.0. The van der Waals surface area contributed by atoms with Crippen molar-refractivity contribution in [2.24, 2.45) is 0 Å². The summed E-state index contributed by atoms with van der Waals surface area (Å²) in [6.07, 6.45) is 78.5. The quantitative estimate of drug-likeness (QED) is 0.0320. The van der Waals surface area contributed by atoms with E-state index in [1.807, 2.05) is 6.08 Å². The first-order chi connectivity index (χ1) is 36.5. The van der Waals surface area contributed by atoms with Crippen molar-refractivity contribution < 1.29 is 24.5 Å². The molecule has 0 fully saturated rings. The molecule has 0 aliphatic carbocycles. The molecular weight excluding hydrogens is 911 g/mol. The molecule has 0 aliphatic rings. The summed E-state index contributed by atoms with van der Waals surface area (Å²) >= 11 is 0. The fraction of sp³-hybridized carbons (Fsp3) is 0.941. The van der Waals surface area contributed by atoms with Crippen LogP contribution in [0.5, 0.6) is 0 Å². The maximum Gasteiger partial charge on any atom is 0.305 e. The second-order valence-electron chi connectivity index (χ2n) is 23.5. The maximum absolute atomic E-state index is 12.5. The van der Waals surface area contributed by atoms with E-state index in [9.17, 15) is 19.8 Å². The van der Waals surface area contributed by atoms with Crippen LogP contribution in [0.15, 0.2) is 12.2 Å². The Morgan fingerprint density at radius 3 is 0.919 bits per heavy atom. The molecule has 440 valence electrons. The van der Waals surface area contributed by atoms with Crippen molar-refractivity contribution in [3.8, 4) is 0 Å². The predicted octanol–water partition coefficient (Wildman–Crippen LogP) is 21.6. The Morgan fingerprint density at radius 2 is 0.622 bits per heavy atom. The molecule has 3 N–H and O–H groups in total. The van der Waals surface area contributed by atoms with Crippen LogP contribution in [0.1, 0.15) is 386 Å². The van der Waals surface area contributed by atoms with Gasteiger partial charge in [0.1, 0.15) is 0 Å². The fourth-order valence-electron chi connectivity index (χ4n) is 10.9. The lowest BCUT2D eigenvalue weighted by Crippen LogP contribution is -2.45. The summed E-state index contributed by atoms with van der Waals surface area (Å²) < 4.78 is 5.51. The Balaban J connectivity index is 3.35. The number of aliphatic hydroxyl groups excluding tert-OH is 2. The van der Waals surface area contributed by atoms with Gasteiger partial charge in [0.2, 0.25) is 5.91 Å². The molecule has 2 unspecified atom stereocenters. The van der Waals surface area contributed by atoms with Gasteiger partial charge in [-0.25, -0.2) is 0 Å². The van der Waals surface area contributed by atoms with Gasteiger partial charge in [0.15, 0.2) is 0 Å². The van der Waals surface area contributed by atoms with Crippen molar-refractivity contribution >= 4 is 11.9 Å². The lowest BCUT2D eigenvalue weighted by molar-refractivity contribution is -0.143. The molecule has 0 saturated carbocycles. The van der Waals surface area contributed by atoms with E-state index in [1.165, 1.54) is 321 Å². The van der Waals surface area contributed by atoms with E-state index in [0.717, 1.165) is 38.5 Å². The van der Waals surface area contributed by atoms with E-state index in [1.54, 1.807) is 6.08 Å². The van der Waals surface area contributed by atoms with Gasteiger partial charge in [0.25, 0.3) is 0 Å². The molecule has 74 heavy (non-hydrogen) atoms. The molecule has 0 aliphatic heterocycles. The molecule has 0 radical (unpaired) electrons. The predicted molar refractivity (Wildman–Crippen MR) is 324 cm³/mol. The van der Waals surface area contributed by atoms with Gasteiger partial charge in [-0.1, -0.05) is 353 Å². The zero-order valence-electron chi connectivity index (χ0n) is 50.4. The molecular formula is C68H133NO5. The summed E-state index contributed by atoms with van der Waals surface area (Å²) in [5.41, 5.74) is 0. The van der Waals surface area contributed by atoms with Crippen LogP contribution in [-0.4, -0.2) is 47.4 Å². The van der Waals surface area contributed by atoms with Gasteiger partial charge in [-0.3, -0.25) is 9.59 Å². The number of hydrogen-bond donors (Lipinski definition) is 3. The van der Waals surface area contributed by atoms with Crippen molar-refractivity contribution in [1.82, 2.24) is 5.32 Å². The van der Waals surface area contributed by atoms with Crippen LogP contribution in [0.2, 0.25) is 0 Å². The second-order valence-corrected chi connectivity index (χ2v) is 23.5. The van der Waals surface area contributed by atoms with Crippen LogP contribution in [0.25, 0.3) is 0 Å². The molecule has 0 aromatic carbocycles. The van der Waals surface area contributed by atoms with Crippen molar-refractivity contribution in [3.05, 3.63) is 12.2 Å². The zero-order chi connectivity index (χ0) is 53.6. The third kappa shape index (κ3) is 59.8. The Labute approximate surface area is 463 Å². The Bertz CT molecular complexity index is 1110. The fourth-order valence-corrected chi connectivity index (χ4v) is 10.9. The highest BCUT2D eigenvalue weighted by atomic mass is 16.5. The van der Waals surface area contributed by atoms with Crippen LogP contribution < -0.4 is 5.32 Å². The summed E-state index contributed by atoms with van der Waals surface area (Å²) in [4.78, 5) is 24.6. The molecule has 0 saturated heterocycles. The van der Waals surface area contributed by atoms with Gasteiger partial charge >= 0.3 is 5.97 Å². The number of amides is 1. The lowest BCUT2D eigenvalue weighted by Gasteiger charge is -2.20. The highest BCUT2D eigenvalue weighted by Gasteiger charge is 2.18. The summed E-state index contributed by atoms with van der Waals surface area (Å²) in [5.74, 6) is -0.0427. The van der Waals surface area contributed by atoms with Gasteiger partial charge in [-0.15, -0.1) is 0 Å². The minimum absolute atomic E-state index is 0.0208. The average Bonchev–Trinajstić information content (AvgIpc) is 3.40. The minimum Gasteiger partial charge on any atom is -0.466 e. The minimum atomic E-state index is -0.842. The van der Waals surface area contributed by atoms with Crippen LogP contribution in [0, 0.1) is 0 Å². The van der Waals surface area contributed by atoms with Crippen molar-refractivity contribution in [2.45, 2.75) is 398 Å². The smallest absolute Gasteiger partial charge is 0.305 e. The van der Waals surface area contributed by atoms with Gasteiger partial charge in [-0.05, 0) is 32.1 Å². The van der Waals surface area contributed by atoms with Gasteiger partial charge in [0, 0.05) is 12.8 Å². The first kappa shape index (κ1) is 72.6. The number of carbonyl (C=O) groups is 2. The number of rotatable bonds is 64. The summed E-state index contributed by atoms with van der Waals surface area (Å²) in [7, 11) is 0. The highest BCUT2D eigenvalue weighted by molar-refractivity contribution is 5.76. The van der Waals surface area contributed by atoms with Gasteiger partial charge in [-0.2, -0.15) is 0 Å². The lowest BCUT2D eigenvalue weighted by atomic mass is 10.0. The molecule has 0 spiro atoms. The molecule has 0 aromatic rings. The molecule has 0 bridgehead atoms. The summed E-state index contributed by atoms with van der Waals surface area (Å²) in [5, 5.41) is 23.2. The Kier molecular flexibility index (Phi) is 62.9. The van der Waals surface area contributed by atoms with Crippen molar-refractivity contribution in [3.63, 3.8) is 0 Å². The van der Waals surface area contributed by atoms with E-state index in [4.69, 9.17) is 4.74 Å². The number of allylic oxidation sites excluding steroid dienone is 1. The molecule has 1 amide bonds. The number of esters is 1. The van der Waals surface area contributed by atoms with E-state index in [2.05, 4.69) is 19.2 Å². The highest BCUT2D eigenvalue weighted by Crippen LogP contribution is 2.19. The number of ether oxygens (including phenoxy) is 1. The largest absolute Gasteiger partial charge is 0.466 e. The van der Waals surface area contributed by atoms with E-state index in [-0.39, 0.29) is 18.5 Å². The van der Waals surface area contributed by atoms with E-state index < -0.39 is 12.1 Å². The maximum atomic E-state index is 12.5. The van der Waals surface area contributed by atoms with Crippen LogP contribution in [0.4, 0.5) is 0 Å². The molecule has 6 heteroatoms. The molecule has 0 heterocycles. The molecule has 6 nitrogen and oxygen atoms in total. The van der Waals surface area contributed by atoms with E-state index in [0.29, 0.717) is 19.4 Å². The first-order valence-corrected chi connectivity index (χ1v) is 34.0. The third-order valence-electron chi connectivity index (χ3n) is 16.1. The summed E-state index contributed by atoms with van der Waals surface area (Å²) in [6, 6.07) is -0.625. The van der Waals surface area contributed by atoms with Crippen LogP contribution >= 0.6 is 0 Å². The van der Waals surface area contributed by atoms with Crippen LogP contribution in [-0.2, 0) is 14.3 Å². The van der Waals surface area contributed by atoms with Crippen LogP contribution in [0.3, 0.4) is 0 Å². The second kappa shape index (κ2) is 64.1. The number of unbranched alkanes of at least 4 members (excludes halogenated alkanes) is 53. The Morgan fingerprint density at radius 1 is 0.365 bits per heavy atom. The number of aliphatic hydroxyl groups is 2. The van der Waals surface area contributed by atoms with Crippen molar-refractivity contribution in [1.29, 1.82) is 0 Å². The van der Waals surface area contributed by atoms with E-state index >= 15 is 0 Å². The SMILES string of the molecule is CCCCCCCCCCCCCCC/C=C/C(O)C(CO)NC(=O)CCCCCCCCCCCCCCCCCCCCCCCCCCCOC(=O)CCCCCCCCCCCCCCCCCCC. The average molecular weight is 1040 g/mol. The molecule has 0 rings (SSSR count). The zero-order valence-corrected chi connectivity index (χ0v) is 50.4. The molecule has 0 aromatic heterocycles. The normalized spacial score (nSPS) is 12.5. The molecule has 2 atom stereocenters. The standard InChI is InChI=1S/C68H133NO5/c1-3-5-7-9-11-13-15-17-19-29-34-38-42-46-50-54-58-62-68(73)74-63-59-55-51-47-43-39-35-31-28-26-24-22-20-21-23-25-27-30-33-37-41-45-49-53-57-61-67(72)69-65(64-70)66(71)60-56-52-48-44-40-36-32-18-16-14-12-10-8-6-4-2/h56,60,65-66,70-71H,3-55,57-59,61-64H2,1-2H3,(H,69,72)/b60-56+. The van der Waals surface area contributed by atoms with Gasteiger partial charge in [0.05, 0.1) is 25.4 Å².